The van der Waals surface area contributed by atoms with E-state index in [1.165, 1.54) is 0 Å². The Balaban J connectivity index is 5.23. The molecular weight excluding hydrogens is 314 g/mol. The van der Waals surface area contributed by atoms with Crippen LogP contribution in [0.2, 0.25) is 0 Å². The van der Waals surface area contributed by atoms with Gasteiger partial charge < -0.3 is 25.2 Å². The third-order valence-corrected chi connectivity index (χ3v) is 2.59. The summed E-state index contributed by atoms with van der Waals surface area (Å²) >= 11 is 0. The molecule has 0 heterocycles. The molecular formula is C12H22N3O8+. The molecule has 0 rings (SSSR count). The summed E-state index contributed by atoms with van der Waals surface area (Å²) in [5.74, 6) is -4.24. The molecule has 0 aliphatic heterocycles. The van der Waals surface area contributed by atoms with Crippen LogP contribution in [-0.4, -0.2) is 78.5 Å². The van der Waals surface area contributed by atoms with E-state index in [1.807, 2.05) is 21.1 Å². The first-order valence-corrected chi connectivity index (χ1v) is 6.53. The standard InChI is InChI=1S/C12H21N3O8/c1-15(2,3)4-5-22-10(20)12(6-8(16)17,7-9(18)19)23-14-11(13)21/h4-7H2,1-3H3,(H4-,13,14,16,17,18,19,21)/p+1. The van der Waals surface area contributed by atoms with Gasteiger partial charge in [-0.3, -0.25) is 14.4 Å². The second-order valence-electron chi connectivity index (χ2n) is 5.85. The van der Waals surface area contributed by atoms with Gasteiger partial charge in [0.05, 0.1) is 34.0 Å². The summed E-state index contributed by atoms with van der Waals surface area (Å²) in [6, 6.07) is -1.22. The quantitative estimate of drug-likeness (QED) is 0.213. The average Bonchev–Trinajstić information content (AvgIpc) is 2.32. The molecule has 0 radical (unpaired) electrons. The molecule has 0 atom stereocenters. The first-order valence-electron chi connectivity index (χ1n) is 6.53. The number of amides is 2. The van der Waals surface area contributed by atoms with Crippen molar-refractivity contribution in [3.8, 4) is 0 Å². The van der Waals surface area contributed by atoms with Gasteiger partial charge in [-0.1, -0.05) is 0 Å². The van der Waals surface area contributed by atoms with Crippen LogP contribution < -0.4 is 11.2 Å². The Labute approximate surface area is 132 Å². The highest BCUT2D eigenvalue weighted by Gasteiger charge is 2.47. The zero-order valence-corrected chi connectivity index (χ0v) is 13.2. The van der Waals surface area contributed by atoms with Gasteiger partial charge in [0.15, 0.2) is 0 Å². The SMILES string of the molecule is C[N+](C)(C)CCOC(=O)C(CC(=O)O)(CC(=O)O)ONC(N)=O. The van der Waals surface area contributed by atoms with Crippen molar-refractivity contribution in [3.63, 3.8) is 0 Å². The zero-order valence-electron chi connectivity index (χ0n) is 13.2. The summed E-state index contributed by atoms with van der Waals surface area (Å²) in [6.07, 6.45) is -2.05. The molecule has 0 saturated carbocycles. The van der Waals surface area contributed by atoms with E-state index < -0.39 is 42.4 Å². The number of carboxylic acids is 2. The summed E-state index contributed by atoms with van der Waals surface area (Å²) in [4.78, 5) is 49.5. The topological polar surface area (TPSA) is 165 Å². The van der Waals surface area contributed by atoms with Crippen LogP contribution in [0.4, 0.5) is 4.79 Å². The highest BCUT2D eigenvalue weighted by Crippen LogP contribution is 2.22. The summed E-state index contributed by atoms with van der Waals surface area (Å²) in [5, 5.41) is 17.8. The number of likely N-dealkylation sites (N-methyl/N-ethyl adjacent to an activating group) is 1. The molecule has 23 heavy (non-hydrogen) atoms. The van der Waals surface area contributed by atoms with Gasteiger partial charge in [0.2, 0.25) is 5.60 Å². The van der Waals surface area contributed by atoms with Crippen LogP contribution in [0.3, 0.4) is 0 Å². The normalized spacial score (nSPS) is 11.6. The molecule has 5 N–H and O–H groups in total. The third-order valence-electron chi connectivity index (χ3n) is 2.59. The number of rotatable bonds is 10. The Hall–Kier alpha value is -2.40. The van der Waals surface area contributed by atoms with Gasteiger partial charge in [0, 0.05) is 0 Å². The van der Waals surface area contributed by atoms with E-state index in [0.29, 0.717) is 11.0 Å². The largest absolute Gasteiger partial charge is 0.481 e. The highest BCUT2D eigenvalue weighted by molar-refractivity contribution is 5.89. The maximum absolute atomic E-state index is 12.2. The number of nitrogens with one attached hydrogen (secondary N) is 1. The van der Waals surface area contributed by atoms with Gasteiger partial charge in [-0.2, -0.15) is 0 Å². The number of hydrogen-bond acceptors (Lipinski definition) is 6. The van der Waals surface area contributed by atoms with Crippen LogP contribution in [0.1, 0.15) is 12.8 Å². The molecule has 0 saturated heterocycles. The predicted molar refractivity (Wildman–Crippen MR) is 74.9 cm³/mol. The number of hydrogen-bond donors (Lipinski definition) is 4. The van der Waals surface area contributed by atoms with Crippen LogP contribution in [-0.2, 0) is 24.0 Å². The van der Waals surface area contributed by atoms with Crippen molar-refractivity contribution in [3.05, 3.63) is 0 Å². The minimum Gasteiger partial charge on any atom is -0.481 e. The van der Waals surface area contributed by atoms with Crippen LogP contribution in [0.25, 0.3) is 0 Å². The summed E-state index contributed by atoms with van der Waals surface area (Å²) in [5.41, 5.74) is 3.97. The monoisotopic (exact) mass is 336 g/mol. The zero-order chi connectivity index (χ0) is 18.3. The first-order chi connectivity index (χ1) is 10.4. The van der Waals surface area contributed by atoms with Crippen molar-refractivity contribution in [2.24, 2.45) is 5.73 Å². The summed E-state index contributed by atoms with van der Waals surface area (Å²) < 4.78 is 5.38. The van der Waals surface area contributed by atoms with Crippen molar-refractivity contribution >= 4 is 23.9 Å². The second-order valence-corrected chi connectivity index (χ2v) is 5.85. The molecule has 2 amide bonds. The summed E-state index contributed by atoms with van der Waals surface area (Å²) in [7, 11) is 5.50. The molecule has 132 valence electrons. The van der Waals surface area contributed by atoms with E-state index >= 15 is 0 Å². The fraction of sp³-hybridized carbons (Fsp3) is 0.667. The Kier molecular flexibility index (Phi) is 7.42. The molecule has 0 aromatic rings. The lowest BCUT2D eigenvalue weighted by atomic mass is 9.95. The van der Waals surface area contributed by atoms with Crippen LogP contribution in [0, 0.1) is 0 Å². The molecule has 0 aromatic heterocycles. The lowest BCUT2D eigenvalue weighted by molar-refractivity contribution is -0.870. The van der Waals surface area contributed by atoms with Gasteiger partial charge in [0.25, 0.3) is 0 Å². The van der Waals surface area contributed by atoms with Crippen LogP contribution >= 0.6 is 0 Å². The average molecular weight is 336 g/mol. The Bertz CT molecular complexity index is 455. The number of nitrogens with zero attached hydrogens (tertiary/aromatic N) is 1. The molecule has 11 nitrogen and oxygen atoms in total. The number of esters is 1. The van der Waals surface area contributed by atoms with E-state index in [9.17, 15) is 19.2 Å². The highest BCUT2D eigenvalue weighted by atomic mass is 16.7. The number of aliphatic carboxylic acids is 2. The van der Waals surface area contributed by atoms with Crippen LogP contribution in [0.15, 0.2) is 0 Å². The predicted octanol–water partition coefficient (Wildman–Crippen LogP) is -1.48. The number of ether oxygens (including phenoxy) is 1. The molecule has 11 heteroatoms. The minimum atomic E-state index is -2.42. The fourth-order valence-corrected chi connectivity index (χ4v) is 1.50. The number of nitrogens with two attached hydrogens (primary N) is 1. The van der Waals surface area contributed by atoms with Gasteiger partial charge in [-0.15, -0.1) is 0 Å². The number of carboxylic acid groups (broad SMARTS) is 2. The Morgan fingerprint density at radius 2 is 1.57 bits per heavy atom. The smallest absolute Gasteiger partial charge is 0.342 e. The third kappa shape index (κ3) is 8.58. The maximum Gasteiger partial charge on any atom is 0.342 e. The maximum atomic E-state index is 12.2. The molecule has 0 aliphatic rings. The van der Waals surface area contributed by atoms with Crippen molar-refractivity contribution in [2.75, 3.05) is 34.3 Å². The lowest BCUT2D eigenvalue weighted by Crippen LogP contribution is -2.52. The van der Waals surface area contributed by atoms with Gasteiger partial charge in [0.1, 0.15) is 13.2 Å². The van der Waals surface area contributed by atoms with E-state index in [-0.39, 0.29) is 6.61 Å². The number of hydroxylamine groups is 1. The van der Waals surface area contributed by atoms with Crippen molar-refractivity contribution < 1.29 is 43.4 Å². The van der Waals surface area contributed by atoms with Gasteiger partial charge in [-0.05, 0) is 0 Å². The van der Waals surface area contributed by atoms with Gasteiger partial charge in [-0.25, -0.2) is 15.1 Å². The van der Waals surface area contributed by atoms with E-state index in [1.54, 1.807) is 5.48 Å². The van der Waals surface area contributed by atoms with E-state index in [4.69, 9.17) is 25.5 Å². The molecule has 0 aromatic carbocycles. The van der Waals surface area contributed by atoms with E-state index in [0.717, 1.165) is 0 Å². The molecule has 0 aliphatic carbocycles. The van der Waals surface area contributed by atoms with Crippen molar-refractivity contribution in [1.29, 1.82) is 0 Å². The number of carbonyl (C=O) groups excluding carboxylic acids is 2. The molecule has 0 bridgehead atoms. The Morgan fingerprint density at radius 1 is 1.09 bits per heavy atom. The lowest BCUT2D eigenvalue weighted by Gasteiger charge is -2.29. The number of carbonyl (C=O) groups is 4. The number of primary amides is 1. The fourth-order valence-electron chi connectivity index (χ4n) is 1.50. The van der Waals surface area contributed by atoms with Gasteiger partial charge >= 0.3 is 23.9 Å². The van der Waals surface area contributed by atoms with Crippen LogP contribution in [0.5, 0.6) is 0 Å². The molecule has 0 fully saturated rings. The number of quaternary nitrogens is 1. The Morgan fingerprint density at radius 3 is 1.91 bits per heavy atom. The second kappa shape index (κ2) is 8.29. The van der Waals surface area contributed by atoms with Crippen molar-refractivity contribution in [1.82, 2.24) is 5.48 Å². The first kappa shape index (κ1) is 20.6. The molecule has 0 spiro atoms. The summed E-state index contributed by atoms with van der Waals surface area (Å²) in [6.45, 7) is 0.300. The van der Waals surface area contributed by atoms with Crippen molar-refractivity contribution in [2.45, 2.75) is 18.4 Å². The number of urea groups is 1. The van der Waals surface area contributed by atoms with E-state index in [2.05, 4.69) is 0 Å². The minimum absolute atomic E-state index is 0.0940. The molecule has 0 unspecified atom stereocenters.